The minimum Gasteiger partial charge on any atom is -0.494 e. The molecule has 0 fully saturated rings. The first-order valence-electron chi connectivity index (χ1n) is 10.1. The van der Waals surface area contributed by atoms with Crippen LogP contribution in [-0.2, 0) is 12.8 Å². The predicted molar refractivity (Wildman–Crippen MR) is 117 cm³/mol. The summed E-state index contributed by atoms with van der Waals surface area (Å²) < 4.78 is 7.31. The second kappa shape index (κ2) is 8.70. The van der Waals surface area contributed by atoms with Gasteiger partial charge in [0.2, 0.25) is 0 Å². The number of nitrogens with zero attached hydrogens (tertiary/aromatic N) is 2. The lowest BCUT2D eigenvalue weighted by atomic mass is 9.76. The Morgan fingerprint density at radius 2 is 2.04 bits per heavy atom. The third-order valence-electron chi connectivity index (χ3n) is 5.34. The van der Waals surface area contributed by atoms with Crippen molar-refractivity contribution in [2.45, 2.75) is 53.0 Å². The average molecular weight is 402 g/mol. The molecule has 0 aliphatic heterocycles. The van der Waals surface area contributed by atoms with Crippen molar-refractivity contribution in [3.63, 3.8) is 0 Å². The maximum Gasteiger partial charge on any atom is 0.261 e. The van der Waals surface area contributed by atoms with Gasteiger partial charge in [-0.25, -0.2) is 4.98 Å². The summed E-state index contributed by atoms with van der Waals surface area (Å²) in [4.78, 5) is 18.5. The van der Waals surface area contributed by atoms with Gasteiger partial charge in [0, 0.05) is 17.9 Å². The van der Waals surface area contributed by atoms with Crippen LogP contribution in [0.4, 0.5) is 0 Å². The Morgan fingerprint density at radius 1 is 1.32 bits per heavy atom. The van der Waals surface area contributed by atoms with Crippen LogP contribution in [0.3, 0.4) is 0 Å². The molecule has 28 heavy (non-hydrogen) atoms. The smallest absolute Gasteiger partial charge is 0.261 e. The molecule has 0 saturated carbocycles. The summed E-state index contributed by atoms with van der Waals surface area (Å²) in [6.07, 6.45) is 2.63. The quantitative estimate of drug-likeness (QED) is 0.694. The monoisotopic (exact) mass is 401 g/mol. The third kappa shape index (κ3) is 4.44. The second-order valence-corrected chi connectivity index (χ2v) is 8.65. The van der Waals surface area contributed by atoms with Crippen molar-refractivity contribution in [3.05, 3.63) is 51.7 Å². The molecule has 5 nitrogen and oxygen atoms in total. The molecule has 1 aliphatic carbocycles. The number of aromatic nitrogens is 2. The summed E-state index contributed by atoms with van der Waals surface area (Å²) in [6, 6.07) is 7.62. The van der Waals surface area contributed by atoms with Gasteiger partial charge in [-0.1, -0.05) is 13.8 Å². The summed E-state index contributed by atoms with van der Waals surface area (Å²) in [5.74, 6) is 2.29. The Bertz CT molecular complexity index is 875. The summed E-state index contributed by atoms with van der Waals surface area (Å²) in [5, 5.41) is 3.42. The molecular weight excluding hydrogens is 370 g/mol. The highest BCUT2D eigenvalue weighted by molar-refractivity contribution is 7.80. The van der Waals surface area contributed by atoms with Crippen LogP contribution in [0.25, 0.3) is 5.69 Å². The van der Waals surface area contributed by atoms with E-state index in [4.69, 9.17) is 9.72 Å². The lowest BCUT2D eigenvalue weighted by molar-refractivity contribution is 0.307. The van der Waals surface area contributed by atoms with E-state index in [2.05, 4.69) is 38.7 Å². The molecule has 152 valence electrons. The number of nitrogens with one attached hydrogen (secondary N) is 1. The number of hydrogen-bond acceptors (Lipinski definition) is 5. The van der Waals surface area contributed by atoms with Crippen LogP contribution in [0, 0.1) is 5.41 Å². The zero-order valence-corrected chi connectivity index (χ0v) is 18.2. The standard InChI is InChI=1S/C22H31N3O2S/c1-5-27-17-8-6-16(7-9-17)25-20(15(2)23-12-13-28)24-19-14-22(3,4)11-10-18(19)21(25)26/h6-9,15,23,28H,5,10-14H2,1-4H3/t15-/m1/s1. The first-order valence-corrected chi connectivity index (χ1v) is 10.7. The zero-order chi connectivity index (χ0) is 20.3. The Hall–Kier alpha value is -1.79. The Labute approximate surface area is 172 Å². The lowest BCUT2D eigenvalue weighted by Gasteiger charge is -2.31. The van der Waals surface area contributed by atoms with Crippen LogP contribution in [0.1, 0.15) is 57.2 Å². The minimum absolute atomic E-state index is 0.0539. The Kier molecular flexibility index (Phi) is 6.50. The third-order valence-corrected chi connectivity index (χ3v) is 5.57. The fraction of sp³-hybridized carbons (Fsp3) is 0.545. The topological polar surface area (TPSA) is 56.1 Å². The van der Waals surface area contributed by atoms with E-state index >= 15 is 0 Å². The van der Waals surface area contributed by atoms with Crippen LogP contribution in [-0.4, -0.2) is 28.5 Å². The van der Waals surface area contributed by atoms with Crippen molar-refractivity contribution < 1.29 is 4.74 Å². The van der Waals surface area contributed by atoms with Gasteiger partial charge in [0.15, 0.2) is 0 Å². The second-order valence-electron chi connectivity index (χ2n) is 8.20. The molecule has 1 aliphatic rings. The summed E-state index contributed by atoms with van der Waals surface area (Å²) >= 11 is 4.29. The summed E-state index contributed by atoms with van der Waals surface area (Å²) in [7, 11) is 0. The van der Waals surface area contributed by atoms with E-state index < -0.39 is 0 Å². The minimum atomic E-state index is -0.0539. The van der Waals surface area contributed by atoms with E-state index in [0.29, 0.717) is 6.61 Å². The number of ether oxygens (including phenoxy) is 1. The van der Waals surface area contributed by atoms with E-state index in [-0.39, 0.29) is 17.0 Å². The fourth-order valence-corrected chi connectivity index (χ4v) is 3.92. The molecule has 1 aromatic heterocycles. The Balaban J connectivity index is 2.12. The van der Waals surface area contributed by atoms with E-state index in [1.54, 1.807) is 4.57 Å². The Morgan fingerprint density at radius 3 is 2.68 bits per heavy atom. The molecule has 0 saturated heterocycles. The van der Waals surface area contributed by atoms with E-state index in [1.165, 1.54) is 0 Å². The highest BCUT2D eigenvalue weighted by atomic mass is 32.1. The molecule has 0 unspecified atom stereocenters. The first-order chi connectivity index (χ1) is 13.4. The molecule has 6 heteroatoms. The van der Waals surface area contributed by atoms with E-state index in [1.807, 2.05) is 31.2 Å². The van der Waals surface area contributed by atoms with Gasteiger partial charge in [-0.3, -0.25) is 9.36 Å². The molecular formula is C22H31N3O2S. The fourth-order valence-electron chi connectivity index (χ4n) is 3.79. The SMILES string of the molecule is CCOc1ccc(-n2c([C@@H](C)NCCS)nc3c(c2=O)CCC(C)(C)C3)cc1. The number of benzene rings is 1. The largest absolute Gasteiger partial charge is 0.494 e. The van der Waals surface area contributed by atoms with Crippen LogP contribution in [0.2, 0.25) is 0 Å². The molecule has 1 N–H and O–H groups in total. The zero-order valence-electron chi connectivity index (χ0n) is 17.3. The van der Waals surface area contributed by atoms with Crippen molar-refractivity contribution in [3.8, 4) is 11.4 Å². The van der Waals surface area contributed by atoms with Gasteiger partial charge in [0.05, 0.1) is 24.0 Å². The number of hydrogen-bond donors (Lipinski definition) is 2. The first kappa shape index (κ1) is 20.9. The predicted octanol–water partition coefficient (Wildman–Crippen LogP) is 3.73. The average Bonchev–Trinajstić information content (AvgIpc) is 2.66. The molecule has 2 aromatic rings. The highest BCUT2D eigenvalue weighted by Gasteiger charge is 2.30. The van der Waals surface area contributed by atoms with E-state index in [0.717, 1.165) is 60.1 Å². The molecule has 3 rings (SSSR count). The van der Waals surface area contributed by atoms with Crippen LogP contribution in [0.5, 0.6) is 5.75 Å². The molecule has 0 amide bonds. The van der Waals surface area contributed by atoms with Gasteiger partial charge >= 0.3 is 0 Å². The number of rotatable bonds is 7. The van der Waals surface area contributed by atoms with Gasteiger partial charge in [-0.05, 0) is 62.8 Å². The number of fused-ring (bicyclic) bond motifs is 1. The van der Waals surface area contributed by atoms with Crippen molar-refractivity contribution in [1.82, 2.24) is 14.9 Å². The van der Waals surface area contributed by atoms with Crippen LogP contribution >= 0.6 is 12.6 Å². The van der Waals surface area contributed by atoms with Gasteiger partial charge in [-0.15, -0.1) is 0 Å². The van der Waals surface area contributed by atoms with E-state index in [9.17, 15) is 4.79 Å². The molecule has 1 heterocycles. The van der Waals surface area contributed by atoms with Crippen molar-refractivity contribution in [2.75, 3.05) is 18.9 Å². The van der Waals surface area contributed by atoms with Gasteiger partial charge in [-0.2, -0.15) is 12.6 Å². The van der Waals surface area contributed by atoms with Crippen molar-refractivity contribution in [1.29, 1.82) is 0 Å². The maximum absolute atomic E-state index is 13.5. The molecule has 0 bridgehead atoms. The van der Waals surface area contributed by atoms with Gasteiger partial charge in [0.1, 0.15) is 11.6 Å². The molecule has 1 aromatic carbocycles. The maximum atomic E-state index is 13.5. The van der Waals surface area contributed by atoms with Gasteiger partial charge < -0.3 is 10.1 Å². The molecule has 0 spiro atoms. The van der Waals surface area contributed by atoms with Gasteiger partial charge in [0.25, 0.3) is 5.56 Å². The normalized spacial score (nSPS) is 16.5. The summed E-state index contributed by atoms with van der Waals surface area (Å²) in [6.45, 7) is 9.88. The van der Waals surface area contributed by atoms with Crippen molar-refractivity contribution >= 4 is 12.6 Å². The van der Waals surface area contributed by atoms with Crippen molar-refractivity contribution in [2.24, 2.45) is 5.41 Å². The van der Waals surface area contributed by atoms with Crippen LogP contribution < -0.4 is 15.6 Å². The lowest BCUT2D eigenvalue weighted by Crippen LogP contribution is -2.37. The highest BCUT2D eigenvalue weighted by Crippen LogP contribution is 2.33. The molecule has 0 radical (unpaired) electrons. The van der Waals surface area contributed by atoms with Crippen LogP contribution in [0.15, 0.2) is 29.1 Å². The number of thiol groups is 1. The summed E-state index contributed by atoms with van der Waals surface area (Å²) in [5.41, 5.74) is 2.87. The molecule has 1 atom stereocenters.